The van der Waals surface area contributed by atoms with E-state index in [9.17, 15) is 0 Å². The van der Waals surface area contributed by atoms with Gasteiger partial charge in [-0.25, -0.2) is 0 Å². The number of aliphatic imine (C=N–C) groups is 1. The third-order valence-electron chi connectivity index (χ3n) is 1.68. The lowest BCUT2D eigenvalue weighted by Gasteiger charge is -2.20. The van der Waals surface area contributed by atoms with Crippen molar-refractivity contribution in [2.75, 3.05) is 19.6 Å². The predicted molar refractivity (Wildman–Crippen MR) is 47.5 cm³/mol. The lowest BCUT2D eigenvalue weighted by atomic mass is 10.2. The number of guanidine groups is 1. The minimum absolute atomic E-state index is 0.605. The standard InChI is InChI=1S/C8H14N4/c1-7(2)5-12-4-3-10-8(12)11-6-9/h7H,3-5H2,1-2H3,(H,10,11). The van der Waals surface area contributed by atoms with Crippen LogP contribution >= 0.6 is 0 Å². The van der Waals surface area contributed by atoms with Gasteiger partial charge in [-0.05, 0) is 5.92 Å². The quantitative estimate of drug-likeness (QED) is 0.476. The molecule has 4 heteroatoms. The summed E-state index contributed by atoms with van der Waals surface area (Å²) < 4.78 is 0. The SMILES string of the molecule is CC(C)CN1CCN=C1NC#N. The van der Waals surface area contributed by atoms with Crippen molar-refractivity contribution in [1.29, 1.82) is 5.26 Å². The van der Waals surface area contributed by atoms with Crippen molar-refractivity contribution >= 4 is 5.96 Å². The van der Waals surface area contributed by atoms with Gasteiger partial charge in [0.1, 0.15) is 0 Å². The van der Waals surface area contributed by atoms with Crippen LogP contribution < -0.4 is 5.32 Å². The molecule has 0 saturated heterocycles. The van der Waals surface area contributed by atoms with Gasteiger partial charge < -0.3 is 4.90 Å². The fourth-order valence-electron chi connectivity index (χ4n) is 1.27. The fraction of sp³-hybridized carbons (Fsp3) is 0.750. The third kappa shape index (κ3) is 2.12. The van der Waals surface area contributed by atoms with Crippen LogP contribution in [0.3, 0.4) is 0 Å². The van der Waals surface area contributed by atoms with Gasteiger partial charge in [-0.2, -0.15) is 5.26 Å². The highest BCUT2D eigenvalue weighted by molar-refractivity contribution is 5.82. The number of hydrogen-bond donors (Lipinski definition) is 1. The second-order valence-electron chi connectivity index (χ2n) is 3.28. The zero-order valence-electron chi connectivity index (χ0n) is 7.54. The maximum atomic E-state index is 8.41. The highest BCUT2D eigenvalue weighted by Crippen LogP contribution is 2.03. The summed E-state index contributed by atoms with van der Waals surface area (Å²) in [5, 5.41) is 11.0. The van der Waals surface area contributed by atoms with Crippen LogP contribution in [0.15, 0.2) is 4.99 Å². The minimum Gasteiger partial charge on any atom is -0.340 e. The molecule has 0 unspecified atom stereocenters. The molecule has 0 radical (unpaired) electrons. The molecule has 0 aromatic rings. The van der Waals surface area contributed by atoms with E-state index >= 15 is 0 Å². The number of nitrogens with one attached hydrogen (secondary N) is 1. The number of nitrogens with zero attached hydrogens (tertiary/aromatic N) is 3. The Morgan fingerprint density at radius 3 is 3.08 bits per heavy atom. The Balaban J connectivity index is 2.45. The Morgan fingerprint density at radius 2 is 2.50 bits per heavy atom. The predicted octanol–water partition coefficient (Wildman–Crippen LogP) is 0.385. The number of hydrogen-bond acceptors (Lipinski definition) is 4. The van der Waals surface area contributed by atoms with E-state index in [2.05, 4.69) is 29.1 Å². The summed E-state index contributed by atoms with van der Waals surface area (Å²) in [6.07, 6.45) is 1.89. The summed E-state index contributed by atoms with van der Waals surface area (Å²) in [5.74, 6) is 1.33. The van der Waals surface area contributed by atoms with Gasteiger partial charge in [-0.15, -0.1) is 0 Å². The molecule has 1 aliphatic heterocycles. The summed E-state index contributed by atoms with van der Waals surface area (Å²) >= 11 is 0. The molecular weight excluding hydrogens is 152 g/mol. The molecule has 66 valence electrons. The molecule has 1 N–H and O–H groups in total. The van der Waals surface area contributed by atoms with E-state index in [0.717, 1.165) is 25.6 Å². The monoisotopic (exact) mass is 166 g/mol. The lowest BCUT2D eigenvalue weighted by molar-refractivity contribution is 0.387. The van der Waals surface area contributed by atoms with Crippen LogP contribution in [-0.4, -0.2) is 30.5 Å². The maximum absolute atomic E-state index is 8.41. The van der Waals surface area contributed by atoms with Gasteiger partial charge in [0.25, 0.3) is 0 Å². The Hall–Kier alpha value is -1.24. The van der Waals surface area contributed by atoms with Gasteiger partial charge >= 0.3 is 0 Å². The van der Waals surface area contributed by atoms with Gasteiger partial charge in [0.15, 0.2) is 6.19 Å². The molecule has 1 heterocycles. The van der Waals surface area contributed by atoms with Crippen molar-refractivity contribution in [3.05, 3.63) is 0 Å². The average molecular weight is 166 g/mol. The third-order valence-corrected chi connectivity index (χ3v) is 1.68. The van der Waals surface area contributed by atoms with Crippen molar-refractivity contribution < 1.29 is 0 Å². The fourth-order valence-corrected chi connectivity index (χ4v) is 1.27. The molecule has 0 saturated carbocycles. The molecular formula is C8H14N4. The summed E-state index contributed by atoms with van der Waals surface area (Å²) in [4.78, 5) is 6.27. The second kappa shape index (κ2) is 3.96. The molecule has 0 spiro atoms. The van der Waals surface area contributed by atoms with E-state index in [1.165, 1.54) is 0 Å². The molecule has 0 amide bonds. The number of nitriles is 1. The highest BCUT2D eigenvalue weighted by atomic mass is 15.3. The van der Waals surface area contributed by atoms with Crippen LogP contribution in [0.4, 0.5) is 0 Å². The summed E-state index contributed by atoms with van der Waals surface area (Å²) in [5.41, 5.74) is 0. The Morgan fingerprint density at radius 1 is 1.75 bits per heavy atom. The van der Waals surface area contributed by atoms with E-state index in [-0.39, 0.29) is 0 Å². The highest BCUT2D eigenvalue weighted by Gasteiger charge is 2.16. The summed E-state index contributed by atoms with van der Waals surface area (Å²) in [6.45, 7) is 7.01. The van der Waals surface area contributed by atoms with Gasteiger partial charge in [0, 0.05) is 13.1 Å². The Labute approximate surface area is 72.9 Å². The van der Waals surface area contributed by atoms with Gasteiger partial charge in [0.2, 0.25) is 5.96 Å². The molecule has 0 aromatic carbocycles. The zero-order chi connectivity index (χ0) is 8.97. The lowest BCUT2D eigenvalue weighted by Crippen LogP contribution is -2.38. The van der Waals surface area contributed by atoms with Crippen LogP contribution in [0.1, 0.15) is 13.8 Å². The molecule has 4 nitrogen and oxygen atoms in total. The first kappa shape index (κ1) is 8.85. The van der Waals surface area contributed by atoms with E-state index in [1.54, 1.807) is 0 Å². The molecule has 0 atom stereocenters. The van der Waals surface area contributed by atoms with Crippen molar-refractivity contribution in [2.24, 2.45) is 10.9 Å². The molecule has 1 rings (SSSR count). The molecule has 0 aliphatic carbocycles. The second-order valence-corrected chi connectivity index (χ2v) is 3.28. The van der Waals surface area contributed by atoms with E-state index < -0.39 is 0 Å². The largest absolute Gasteiger partial charge is 0.340 e. The van der Waals surface area contributed by atoms with Crippen LogP contribution in [0, 0.1) is 17.4 Å². The molecule has 0 fully saturated rings. The first-order valence-corrected chi connectivity index (χ1v) is 4.18. The Kier molecular flexibility index (Phi) is 2.92. The van der Waals surface area contributed by atoms with Crippen LogP contribution in [0.5, 0.6) is 0 Å². The maximum Gasteiger partial charge on any atom is 0.207 e. The molecule has 0 aromatic heterocycles. The van der Waals surface area contributed by atoms with Crippen LogP contribution in [-0.2, 0) is 0 Å². The summed E-state index contributed by atoms with van der Waals surface area (Å²) in [7, 11) is 0. The molecule has 1 aliphatic rings. The van der Waals surface area contributed by atoms with Crippen LogP contribution in [0.25, 0.3) is 0 Å². The normalized spacial score (nSPS) is 16.2. The molecule has 12 heavy (non-hydrogen) atoms. The number of rotatable bonds is 2. The van der Waals surface area contributed by atoms with Crippen molar-refractivity contribution in [2.45, 2.75) is 13.8 Å². The van der Waals surface area contributed by atoms with Gasteiger partial charge in [-0.3, -0.25) is 10.3 Å². The zero-order valence-corrected chi connectivity index (χ0v) is 7.54. The average Bonchev–Trinajstić information content (AvgIpc) is 2.37. The van der Waals surface area contributed by atoms with E-state index in [4.69, 9.17) is 5.26 Å². The Bertz CT molecular complexity index is 214. The smallest absolute Gasteiger partial charge is 0.207 e. The molecule has 0 bridgehead atoms. The van der Waals surface area contributed by atoms with Crippen LogP contribution in [0.2, 0.25) is 0 Å². The van der Waals surface area contributed by atoms with Crippen molar-refractivity contribution in [1.82, 2.24) is 10.2 Å². The first-order valence-electron chi connectivity index (χ1n) is 4.18. The minimum atomic E-state index is 0.605. The first-order chi connectivity index (χ1) is 5.74. The van der Waals surface area contributed by atoms with Gasteiger partial charge in [0.05, 0.1) is 6.54 Å². The topological polar surface area (TPSA) is 51.4 Å². The van der Waals surface area contributed by atoms with Gasteiger partial charge in [-0.1, -0.05) is 13.8 Å². The van der Waals surface area contributed by atoms with Crippen molar-refractivity contribution in [3.63, 3.8) is 0 Å². The van der Waals surface area contributed by atoms with E-state index in [0.29, 0.717) is 5.92 Å². The van der Waals surface area contributed by atoms with E-state index in [1.807, 2.05) is 6.19 Å². The van der Waals surface area contributed by atoms with Crippen molar-refractivity contribution in [3.8, 4) is 6.19 Å². The summed E-state index contributed by atoms with van der Waals surface area (Å²) in [6, 6.07) is 0.